The summed E-state index contributed by atoms with van der Waals surface area (Å²) in [5.74, 6) is 0.691. The number of piperazine rings is 1. The van der Waals surface area contributed by atoms with Crippen LogP contribution in [0.15, 0.2) is 42.5 Å². The van der Waals surface area contributed by atoms with E-state index in [-0.39, 0.29) is 5.91 Å². The van der Waals surface area contributed by atoms with Gasteiger partial charge in [0, 0.05) is 37.6 Å². The third kappa shape index (κ3) is 4.88. The molecule has 1 saturated heterocycles. The van der Waals surface area contributed by atoms with Crippen LogP contribution in [0.4, 0.5) is 5.00 Å². The van der Waals surface area contributed by atoms with Crippen molar-refractivity contribution < 1.29 is 4.79 Å². The van der Waals surface area contributed by atoms with Crippen LogP contribution >= 0.6 is 11.3 Å². The number of nitriles is 1. The van der Waals surface area contributed by atoms with Crippen LogP contribution in [0.5, 0.6) is 0 Å². The third-order valence-electron chi connectivity index (χ3n) is 7.42. The summed E-state index contributed by atoms with van der Waals surface area (Å²) in [6.07, 6.45) is 4.32. The van der Waals surface area contributed by atoms with Crippen molar-refractivity contribution in [3.63, 3.8) is 0 Å². The first kappa shape index (κ1) is 23.0. The van der Waals surface area contributed by atoms with E-state index in [1.807, 2.05) is 0 Å². The SMILES string of the molecule is CCC1CCc2c(sc(NC(=O)CN3CCN(Cc4cccc5ccccc45)CC3)c2C#N)C1. The maximum Gasteiger partial charge on any atom is 0.239 e. The Kier molecular flexibility index (Phi) is 6.96. The summed E-state index contributed by atoms with van der Waals surface area (Å²) in [6.45, 7) is 7.21. The molecule has 1 aromatic heterocycles. The van der Waals surface area contributed by atoms with E-state index in [1.54, 1.807) is 11.3 Å². The predicted molar refractivity (Wildman–Crippen MR) is 139 cm³/mol. The summed E-state index contributed by atoms with van der Waals surface area (Å²) in [5.41, 5.74) is 3.23. The highest BCUT2D eigenvalue weighted by Crippen LogP contribution is 2.40. The number of fused-ring (bicyclic) bond motifs is 2. The summed E-state index contributed by atoms with van der Waals surface area (Å²) in [5, 5.41) is 16.2. The second-order valence-electron chi connectivity index (χ2n) is 9.58. The fourth-order valence-corrected chi connectivity index (χ4v) is 6.68. The summed E-state index contributed by atoms with van der Waals surface area (Å²) >= 11 is 1.62. The second-order valence-corrected chi connectivity index (χ2v) is 10.7. The van der Waals surface area contributed by atoms with E-state index in [9.17, 15) is 10.1 Å². The molecule has 2 heterocycles. The van der Waals surface area contributed by atoms with Gasteiger partial charge in [0.05, 0.1) is 12.1 Å². The van der Waals surface area contributed by atoms with E-state index >= 15 is 0 Å². The average molecular weight is 473 g/mol. The monoisotopic (exact) mass is 472 g/mol. The molecule has 0 radical (unpaired) electrons. The Labute approximate surface area is 206 Å². The zero-order valence-electron chi connectivity index (χ0n) is 19.8. The number of benzene rings is 2. The molecular weight excluding hydrogens is 440 g/mol. The third-order valence-corrected chi connectivity index (χ3v) is 8.59. The Balaban J connectivity index is 1.15. The van der Waals surface area contributed by atoms with Crippen molar-refractivity contribution in [3.05, 3.63) is 64.0 Å². The smallest absolute Gasteiger partial charge is 0.239 e. The first-order chi connectivity index (χ1) is 16.6. The van der Waals surface area contributed by atoms with Gasteiger partial charge in [-0.2, -0.15) is 5.26 Å². The molecule has 1 fully saturated rings. The summed E-state index contributed by atoms with van der Waals surface area (Å²) < 4.78 is 0. The van der Waals surface area contributed by atoms with Crippen molar-refractivity contribution in [2.24, 2.45) is 5.92 Å². The van der Waals surface area contributed by atoms with Crippen LogP contribution in [0, 0.1) is 17.2 Å². The van der Waals surface area contributed by atoms with Gasteiger partial charge in [0.2, 0.25) is 5.91 Å². The molecule has 176 valence electrons. The molecule has 6 heteroatoms. The van der Waals surface area contributed by atoms with Gasteiger partial charge >= 0.3 is 0 Å². The van der Waals surface area contributed by atoms with Crippen LogP contribution in [0.1, 0.15) is 41.3 Å². The maximum absolute atomic E-state index is 12.8. The second kappa shape index (κ2) is 10.3. The average Bonchev–Trinajstić information content (AvgIpc) is 3.21. The Morgan fingerprint density at radius 3 is 2.68 bits per heavy atom. The van der Waals surface area contributed by atoms with Crippen LogP contribution in [0.2, 0.25) is 0 Å². The van der Waals surface area contributed by atoms with Gasteiger partial charge in [0.25, 0.3) is 0 Å². The minimum atomic E-state index is -0.00959. The zero-order chi connectivity index (χ0) is 23.5. The fraction of sp³-hybridized carbons (Fsp3) is 0.429. The van der Waals surface area contributed by atoms with E-state index in [1.165, 1.54) is 33.2 Å². The molecule has 1 aliphatic carbocycles. The van der Waals surface area contributed by atoms with Gasteiger partial charge in [-0.1, -0.05) is 55.8 Å². The van der Waals surface area contributed by atoms with Crippen LogP contribution < -0.4 is 5.32 Å². The maximum atomic E-state index is 12.8. The molecule has 5 rings (SSSR count). The van der Waals surface area contributed by atoms with Crippen molar-refractivity contribution in [1.82, 2.24) is 9.80 Å². The first-order valence-corrected chi connectivity index (χ1v) is 13.2. The lowest BCUT2D eigenvalue weighted by Crippen LogP contribution is -2.48. The number of thiophene rings is 1. The number of amides is 1. The molecule has 1 N–H and O–H groups in total. The van der Waals surface area contributed by atoms with Crippen molar-refractivity contribution in [1.29, 1.82) is 5.26 Å². The van der Waals surface area contributed by atoms with Crippen LogP contribution in [0.25, 0.3) is 10.8 Å². The molecular formula is C28H32N4OS. The predicted octanol–water partition coefficient (Wildman–Crippen LogP) is 5.04. The number of anilines is 1. The van der Waals surface area contributed by atoms with Crippen molar-refractivity contribution in [2.45, 2.75) is 39.2 Å². The van der Waals surface area contributed by atoms with Crippen LogP contribution in [-0.2, 0) is 24.2 Å². The molecule has 1 aliphatic heterocycles. The Morgan fingerprint density at radius 1 is 1.12 bits per heavy atom. The van der Waals surface area contributed by atoms with E-state index in [0.29, 0.717) is 18.0 Å². The molecule has 5 nitrogen and oxygen atoms in total. The minimum Gasteiger partial charge on any atom is -0.315 e. The van der Waals surface area contributed by atoms with Crippen LogP contribution in [0.3, 0.4) is 0 Å². The molecule has 0 spiro atoms. The van der Waals surface area contributed by atoms with E-state index in [4.69, 9.17) is 0 Å². The fourth-order valence-electron chi connectivity index (χ4n) is 5.36. The quantitative estimate of drug-likeness (QED) is 0.546. The highest BCUT2D eigenvalue weighted by Gasteiger charge is 2.26. The molecule has 2 aliphatic rings. The Bertz CT molecular complexity index is 1210. The van der Waals surface area contributed by atoms with Gasteiger partial charge in [0.15, 0.2) is 0 Å². The van der Waals surface area contributed by atoms with Gasteiger partial charge in [-0.05, 0) is 47.1 Å². The normalized spacial score (nSPS) is 19.0. The minimum absolute atomic E-state index is 0.00959. The number of carbonyl (C=O) groups is 1. The van der Waals surface area contributed by atoms with E-state index in [2.05, 4.69) is 70.6 Å². The van der Waals surface area contributed by atoms with Crippen molar-refractivity contribution in [3.8, 4) is 6.07 Å². The summed E-state index contributed by atoms with van der Waals surface area (Å²) in [4.78, 5) is 18.8. The molecule has 34 heavy (non-hydrogen) atoms. The topological polar surface area (TPSA) is 59.4 Å². The first-order valence-electron chi connectivity index (χ1n) is 12.4. The van der Waals surface area contributed by atoms with Gasteiger partial charge < -0.3 is 5.32 Å². The number of rotatable bonds is 6. The number of hydrogen-bond acceptors (Lipinski definition) is 5. The lowest BCUT2D eigenvalue weighted by atomic mass is 9.86. The molecule has 1 unspecified atom stereocenters. The number of nitrogens with one attached hydrogen (secondary N) is 1. The van der Waals surface area contributed by atoms with E-state index < -0.39 is 0 Å². The van der Waals surface area contributed by atoms with Crippen LogP contribution in [-0.4, -0.2) is 48.4 Å². The number of carbonyl (C=O) groups excluding carboxylic acids is 1. The highest BCUT2D eigenvalue weighted by atomic mass is 32.1. The van der Waals surface area contributed by atoms with Gasteiger partial charge in [0.1, 0.15) is 11.1 Å². The van der Waals surface area contributed by atoms with Gasteiger partial charge in [-0.25, -0.2) is 0 Å². The standard InChI is InChI=1S/C28H32N4OS/c1-2-20-10-11-24-25(17-29)28(34-26(24)16-20)30-27(33)19-32-14-12-31(13-15-32)18-22-8-5-7-21-6-3-4-9-23(21)22/h3-9,20H,2,10-16,18-19H2,1H3,(H,30,33). The number of hydrogen-bond donors (Lipinski definition) is 1. The van der Waals surface area contributed by atoms with E-state index in [0.717, 1.165) is 57.0 Å². The molecule has 0 saturated carbocycles. The van der Waals surface area contributed by atoms with Gasteiger partial charge in [-0.15, -0.1) is 11.3 Å². The lowest BCUT2D eigenvalue weighted by Gasteiger charge is -2.34. The van der Waals surface area contributed by atoms with Crippen molar-refractivity contribution >= 4 is 33.0 Å². The Hall–Kier alpha value is -2.72. The highest BCUT2D eigenvalue weighted by molar-refractivity contribution is 7.16. The molecule has 1 atom stereocenters. The molecule has 2 aromatic carbocycles. The number of nitrogens with zero attached hydrogens (tertiary/aromatic N) is 3. The largest absolute Gasteiger partial charge is 0.315 e. The summed E-state index contributed by atoms with van der Waals surface area (Å²) in [7, 11) is 0. The van der Waals surface area contributed by atoms with Crippen molar-refractivity contribution in [2.75, 3.05) is 38.0 Å². The summed E-state index contributed by atoms with van der Waals surface area (Å²) in [6, 6.07) is 17.4. The molecule has 3 aromatic rings. The zero-order valence-corrected chi connectivity index (χ0v) is 20.7. The van der Waals surface area contributed by atoms with Gasteiger partial charge in [-0.3, -0.25) is 14.6 Å². The molecule has 0 bridgehead atoms. The molecule has 1 amide bonds. The lowest BCUT2D eigenvalue weighted by molar-refractivity contribution is -0.117. The Morgan fingerprint density at radius 2 is 1.88 bits per heavy atom.